The van der Waals surface area contributed by atoms with Gasteiger partial charge in [0.05, 0.1) is 11.0 Å². The third kappa shape index (κ3) is 3.55. The first kappa shape index (κ1) is 20.3. The van der Waals surface area contributed by atoms with E-state index in [0.717, 1.165) is 39.4 Å². The lowest BCUT2D eigenvalue weighted by atomic mass is 10.0. The van der Waals surface area contributed by atoms with Gasteiger partial charge in [-0.2, -0.15) is 0 Å². The Balaban J connectivity index is 1.77. The summed E-state index contributed by atoms with van der Waals surface area (Å²) in [4.78, 5) is 12.2. The molecule has 0 bridgehead atoms. The van der Waals surface area contributed by atoms with Gasteiger partial charge in [-0.15, -0.1) is 0 Å². The molecule has 0 aliphatic carbocycles. The fraction of sp³-hybridized carbons (Fsp3) is 0.107. The van der Waals surface area contributed by atoms with Gasteiger partial charge in [-0.1, -0.05) is 73.1 Å². The van der Waals surface area contributed by atoms with Crippen LogP contribution in [0, 0.1) is 0 Å². The second-order valence-electron chi connectivity index (χ2n) is 8.06. The fourth-order valence-electron chi connectivity index (χ4n) is 4.47. The van der Waals surface area contributed by atoms with Gasteiger partial charge in [0.1, 0.15) is 0 Å². The quantitative estimate of drug-likeness (QED) is 0.321. The van der Waals surface area contributed by atoms with Crippen molar-refractivity contribution in [2.75, 3.05) is 0 Å². The van der Waals surface area contributed by atoms with Crippen molar-refractivity contribution in [2.24, 2.45) is 5.73 Å². The van der Waals surface area contributed by atoms with E-state index in [1.807, 2.05) is 30.3 Å². The molecule has 4 heteroatoms. The van der Waals surface area contributed by atoms with E-state index in [2.05, 4.69) is 60.0 Å². The minimum Gasteiger partial charge on any atom is -0.366 e. The van der Waals surface area contributed by atoms with Gasteiger partial charge >= 0.3 is 0 Å². The lowest BCUT2D eigenvalue weighted by molar-refractivity contribution is 0.100. The van der Waals surface area contributed by atoms with Crippen LogP contribution in [0.2, 0.25) is 5.02 Å². The molecule has 0 saturated heterocycles. The van der Waals surface area contributed by atoms with Gasteiger partial charge < -0.3 is 10.3 Å². The van der Waals surface area contributed by atoms with Crippen molar-refractivity contribution < 1.29 is 4.79 Å². The van der Waals surface area contributed by atoms with Crippen LogP contribution in [0.5, 0.6) is 0 Å². The molecule has 3 nitrogen and oxygen atoms in total. The first-order chi connectivity index (χ1) is 15.5. The summed E-state index contributed by atoms with van der Waals surface area (Å²) < 4.78 is 2.28. The summed E-state index contributed by atoms with van der Waals surface area (Å²) in [7, 11) is 0. The Kier molecular flexibility index (Phi) is 5.20. The van der Waals surface area contributed by atoms with Crippen molar-refractivity contribution in [2.45, 2.75) is 19.9 Å². The van der Waals surface area contributed by atoms with Crippen LogP contribution in [-0.4, -0.2) is 10.5 Å². The summed E-state index contributed by atoms with van der Waals surface area (Å²) in [6.45, 7) is 2.87. The van der Waals surface area contributed by atoms with Crippen molar-refractivity contribution in [1.82, 2.24) is 4.57 Å². The molecule has 4 aromatic carbocycles. The number of rotatable bonds is 5. The van der Waals surface area contributed by atoms with Gasteiger partial charge in [0.25, 0.3) is 0 Å². The molecule has 0 atom stereocenters. The van der Waals surface area contributed by atoms with Crippen molar-refractivity contribution >= 4 is 39.3 Å². The maximum atomic E-state index is 12.2. The largest absolute Gasteiger partial charge is 0.366 e. The maximum Gasteiger partial charge on any atom is 0.249 e. The van der Waals surface area contributed by atoms with Crippen molar-refractivity contribution in [1.29, 1.82) is 0 Å². The highest BCUT2D eigenvalue weighted by molar-refractivity contribution is 6.30. The highest BCUT2D eigenvalue weighted by Gasteiger charge is 2.17. The molecule has 5 aromatic rings. The number of hydrogen-bond acceptors (Lipinski definition) is 1. The number of hydrogen-bond donors (Lipinski definition) is 1. The zero-order valence-electron chi connectivity index (χ0n) is 17.8. The zero-order chi connectivity index (χ0) is 22.2. The minimum atomic E-state index is -0.413. The van der Waals surface area contributed by atoms with E-state index in [1.165, 1.54) is 11.1 Å². The van der Waals surface area contributed by atoms with Crippen LogP contribution in [0.15, 0.2) is 84.9 Å². The standard InChI is InChI=1S/C28H23ClN2O/c1-2-18-5-3-6-19(15-18)17-31-25-8-4-7-24(28(30)32)27(25)23-14-11-21(16-26(23)31)20-9-12-22(29)13-10-20/h3-16H,2,17H2,1H3,(H2,30,32). The Morgan fingerprint density at radius 1 is 0.844 bits per heavy atom. The monoisotopic (exact) mass is 438 g/mol. The molecule has 0 unspecified atom stereocenters. The van der Waals surface area contributed by atoms with Crippen LogP contribution in [0.4, 0.5) is 0 Å². The molecule has 5 rings (SSSR count). The average Bonchev–Trinajstić information content (AvgIpc) is 3.12. The van der Waals surface area contributed by atoms with Gasteiger partial charge in [-0.3, -0.25) is 4.79 Å². The van der Waals surface area contributed by atoms with Crippen LogP contribution in [0.3, 0.4) is 0 Å². The third-order valence-corrected chi connectivity index (χ3v) is 6.33. The van der Waals surface area contributed by atoms with E-state index >= 15 is 0 Å². The number of amides is 1. The second kappa shape index (κ2) is 8.18. The molecule has 0 saturated carbocycles. The van der Waals surface area contributed by atoms with Crippen LogP contribution >= 0.6 is 11.6 Å². The Bertz CT molecular complexity index is 1460. The Labute approximate surface area is 192 Å². The fourth-order valence-corrected chi connectivity index (χ4v) is 4.60. The topological polar surface area (TPSA) is 48.0 Å². The summed E-state index contributed by atoms with van der Waals surface area (Å²) in [5, 5.41) is 2.65. The van der Waals surface area contributed by atoms with E-state index in [0.29, 0.717) is 17.1 Å². The number of carbonyl (C=O) groups is 1. The van der Waals surface area contributed by atoms with Crippen LogP contribution < -0.4 is 5.73 Å². The van der Waals surface area contributed by atoms with E-state index in [4.69, 9.17) is 17.3 Å². The summed E-state index contributed by atoms with van der Waals surface area (Å²) in [5.41, 5.74) is 13.1. The van der Waals surface area contributed by atoms with E-state index < -0.39 is 5.91 Å². The second-order valence-corrected chi connectivity index (χ2v) is 8.50. The molecule has 1 heterocycles. The van der Waals surface area contributed by atoms with E-state index in [1.54, 1.807) is 6.07 Å². The molecule has 0 radical (unpaired) electrons. The molecular weight excluding hydrogens is 416 g/mol. The van der Waals surface area contributed by atoms with Crippen molar-refractivity contribution in [3.8, 4) is 11.1 Å². The van der Waals surface area contributed by atoms with Crippen LogP contribution in [0.25, 0.3) is 32.9 Å². The molecule has 0 aliphatic heterocycles. The summed E-state index contributed by atoms with van der Waals surface area (Å²) >= 11 is 6.09. The van der Waals surface area contributed by atoms with Crippen molar-refractivity contribution in [3.63, 3.8) is 0 Å². The molecule has 1 amide bonds. The van der Waals surface area contributed by atoms with Crippen molar-refractivity contribution in [3.05, 3.63) is 107 Å². The number of aryl methyl sites for hydroxylation is 1. The highest BCUT2D eigenvalue weighted by Crippen LogP contribution is 2.35. The lowest BCUT2D eigenvalue weighted by Gasteiger charge is -2.10. The minimum absolute atomic E-state index is 0.413. The maximum absolute atomic E-state index is 12.2. The molecule has 158 valence electrons. The number of halogens is 1. The molecule has 2 N–H and O–H groups in total. The average molecular weight is 439 g/mol. The summed E-state index contributed by atoms with van der Waals surface area (Å²) in [5.74, 6) is -0.413. The molecule has 0 fully saturated rings. The number of fused-ring (bicyclic) bond motifs is 3. The number of benzene rings is 4. The smallest absolute Gasteiger partial charge is 0.249 e. The van der Waals surface area contributed by atoms with Gasteiger partial charge in [0.2, 0.25) is 5.91 Å². The molecular formula is C28H23ClN2O. The molecule has 1 aromatic heterocycles. The van der Waals surface area contributed by atoms with Crippen LogP contribution in [0.1, 0.15) is 28.4 Å². The number of carbonyl (C=O) groups excluding carboxylic acids is 1. The van der Waals surface area contributed by atoms with Gasteiger partial charge in [0.15, 0.2) is 0 Å². The predicted octanol–water partition coefficient (Wildman–Crippen LogP) is 6.82. The summed E-state index contributed by atoms with van der Waals surface area (Å²) in [6.07, 6.45) is 0.994. The molecule has 0 aliphatic rings. The normalized spacial score (nSPS) is 11.3. The predicted molar refractivity (Wildman–Crippen MR) is 133 cm³/mol. The number of nitrogens with zero attached hydrogens (tertiary/aromatic N) is 1. The third-order valence-electron chi connectivity index (χ3n) is 6.07. The lowest BCUT2D eigenvalue weighted by Crippen LogP contribution is -2.11. The Morgan fingerprint density at radius 3 is 2.31 bits per heavy atom. The SMILES string of the molecule is CCc1cccc(Cn2c3cc(-c4ccc(Cl)cc4)ccc3c3c(C(N)=O)cccc32)c1. The zero-order valence-corrected chi connectivity index (χ0v) is 18.6. The first-order valence-electron chi connectivity index (χ1n) is 10.7. The molecule has 32 heavy (non-hydrogen) atoms. The van der Waals surface area contributed by atoms with E-state index in [-0.39, 0.29) is 0 Å². The Hall–Kier alpha value is -3.56. The first-order valence-corrected chi connectivity index (χ1v) is 11.1. The van der Waals surface area contributed by atoms with Gasteiger partial charge in [-0.25, -0.2) is 0 Å². The number of nitrogens with two attached hydrogens (primary N) is 1. The number of aromatic nitrogens is 1. The highest BCUT2D eigenvalue weighted by atomic mass is 35.5. The van der Waals surface area contributed by atoms with Gasteiger partial charge in [-0.05, 0) is 59.0 Å². The van der Waals surface area contributed by atoms with Gasteiger partial charge in [0, 0.05) is 27.9 Å². The Morgan fingerprint density at radius 2 is 1.56 bits per heavy atom. The number of primary amides is 1. The summed E-state index contributed by atoms with van der Waals surface area (Å²) in [6, 6.07) is 28.6. The van der Waals surface area contributed by atoms with E-state index in [9.17, 15) is 4.79 Å². The van der Waals surface area contributed by atoms with Crippen LogP contribution in [-0.2, 0) is 13.0 Å². The molecule has 0 spiro atoms.